The van der Waals surface area contributed by atoms with Crippen molar-refractivity contribution in [2.45, 2.75) is 39.0 Å². The van der Waals surface area contributed by atoms with E-state index in [2.05, 4.69) is 12.2 Å². The molecule has 0 atom stereocenters. The van der Waals surface area contributed by atoms with Crippen LogP contribution in [0.2, 0.25) is 0 Å². The van der Waals surface area contributed by atoms with Crippen LogP contribution in [-0.4, -0.2) is 44.7 Å². The van der Waals surface area contributed by atoms with Gasteiger partial charge in [0.15, 0.2) is 0 Å². The van der Waals surface area contributed by atoms with Gasteiger partial charge in [0.2, 0.25) is 10.0 Å². The Kier molecular flexibility index (Phi) is 6.31. The number of unbranched alkanes of at least 4 members (excludes halogenated alkanes) is 1. The zero-order valence-electron chi connectivity index (χ0n) is 10.2. The molecule has 1 aliphatic rings. The molecule has 1 heterocycles. The molecule has 0 radical (unpaired) electrons. The molecule has 0 bridgehead atoms. The van der Waals surface area contributed by atoms with E-state index in [9.17, 15) is 8.42 Å². The van der Waals surface area contributed by atoms with Crippen molar-refractivity contribution < 1.29 is 8.42 Å². The van der Waals surface area contributed by atoms with Crippen LogP contribution in [-0.2, 0) is 10.0 Å². The molecule has 0 aliphatic carbocycles. The third kappa shape index (κ3) is 4.80. The molecule has 1 saturated heterocycles. The summed E-state index contributed by atoms with van der Waals surface area (Å²) in [6.45, 7) is 5.40. The molecule has 0 saturated carbocycles. The van der Waals surface area contributed by atoms with E-state index in [-0.39, 0.29) is 0 Å². The summed E-state index contributed by atoms with van der Waals surface area (Å²) in [6, 6.07) is 0. The number of hydrogen-bond acceptors (Lipinski definition) is 3. The number of piperidine rings is 1. The molecule has 1 rings (SSSR count). The van der Waals surface area contributed by atoms with Crippen molar-refractivity contribution in [2.24, 2.45) is 0 Å². The molecular weight excluding hydrogens is 224 g/mol. The van der Waals surface area contributed by atoms with Crippen LogP contribution in [0.15, 0.2) is 0 Å². The van der Waals surface area contributed by atoms with E-state index in [0.717, 1.165) is 51.9 Å². The Morgan fingerprint density at radius 1 is 1.12 bits per heavy atom. The average Bonchev–Trinajstić information content (AvgIpc) is 2.30. The van der Waals surface area contributed by atoms with Crippen molar-refractivity contribution in [3.05, 3.63) is 0 Å². The molecule has 0 spiro atoms. The number of nitrogens with one attached hydrogen (secondary N) is 1. The number of sulfonamides is 1. The Labute approximate surface area is 99.5 Å². The normalized spacial score (nSPS) is 18.8. The molecule has 16 heavy (non-hydrogen) atoms. The lowest BCUT2D eigenvalue weighted by molar-refractivity contribution is 0.346. The molecule has 5 heteroatoms. The molecule has 4 nitrogen and oxygen atoms in total. The van der Waals surface area contributed by atoms with Gasteiger partial charge in [-0.05, 0) is 38.8 Å². The largest absolute Gasteiger partial charge is 0.317 e. The summed E-state index contributed by atoms with van der Waals surface area (Å²) < 4.78 is 25.5. The Balaban J connectivity index is 2.22. The van der Waals surface area contributed by atoms with Gasteiger partial charge in [-0.25, -0.2) is 12.7 Å². The number of nitrogens with zero attached hydrogens (tertiary/aromatic N) is 1. The zero-order valence-corrected chi connectivity index (χ0v) is 11.1. The topological polar surface area (TPSA) is 49.4 Å². The molecule has 0 aromatic carbocycles. The van der Waals surface area contributed by atoms with E-state index in [1.54, 1.807) is 4.31 Å². The summed E-state index contributed by atoms with van der Waals surface area (Å²) in [5, 5.41) is 3.21. The third-order valence-corrected chi connectivity index (χ3v) is 4.92. The highest BCUT2D eigenvalue weighted by Gasteiger charge is 2.22. The molecule has 0 aromatic rings. The fourth-order valence-electron chi connectivity index (χ4n) is 1.98. The van der Waals surface area contributed by atoms with Crippen LogP contribution >= 0.6 is 0 Å². The maximum Gasteiger partial charge on any atom is 0.214 e. The van der Waals surface area contributed by atoms with Crippen LogP contribution in [0.3, 0.4) is 0 Å². The van der Waals surface area contributed by atoms with E-state index in [4.69, 9.17) is 0 Å². The first-order valence-electron chi connectivity index (χ1n) is 6.35. The maximum absolute atomic E-state index is 11.9. The van der Waals surface area contributed by atoms with Crippen LogP contribution in [0.5, 0.6) is 0 Å². The van der Waals surface area contributed by atoms with E-state index in [0.29, 0.717) is 5.75 Å². The highest BCUT2D eigenvalue weighted by Crippen LogP contribution is 2.14. The minimum absolute atomic E-state index is 0.318. The van der Waals surface area contributed by atoms with Gasteiger partial charge in [0.25, 0.3) is 0 Å². The van der Waals surface area contributed by atoms with Crippen molar-refractivity contribution in [1.82, 2.24) is 9.62 Å². The minimum atomic E-state index is -2.96. The van der Waals surface area contributed by atoms with Crippen LogP contribution in [0.4, 0.5) is 0 Å². The van der Waals surface area contributed by atoms with Crippen LogP contribution in [0.1, 0.15) is 39.0 Å². The Bertz CT molecular complexity index is 272. The SMILES string of the molecule is CCNCCCCS(=O)(=O)N1CCCCC1. The average molecular weight is 248 g/mol. The molecule has 96 valence electrons. The molecule has 1 aliphatic heterocycles. The smallest absolute Gasteiger partial charge is 0.214 e. The van der Waals surface area contributed by atoms with Gasteiger partial charge in [-0.15, -0.1) is 0 Å². The maximum atomic E-state index is 11.9. The van der Waals surface area contributed by atoms with Crippen LogP contribution in [0.25, 0.3) is 0 Å². The lowest BCUT2D eigenvalue weighted by Crippen LogP contribution is -2.37. The van der Waals surface area contributed by atoms with Gasteiger partial charge in [-0.3, -0.25) is 0 Å². The summed E-state index contributed by atoms with van der Waals surface area (Å²) in [5.41, 5.74) is 0. The molecule has 0 unspecified atom stereocenters. The standard InChI is InChI=1S/C11H24N2O2S/c1-2-12-8-4-7-11-16(14,15)13-9-5-3-6-10-13/h12H,2-11H2,1H3. The summed E-state index contributed by atoms with van der Waals surface area (Å²) in [6.07, 6.45) is 4.94. The number of rotatable bonds is 7. The lowest BCUT2D eigenvalue weighted by Gasteiger charge is -2.25. The van der Waals surface area contributed by atoms with Crippen LogP contribution < -0.4 is 5.32 Å². The van der Waals surface area contributed by atoms with E-state index >= 15 is 0 Å². The second-order valence-electron chi connectivity index (χ2n) is 4.34. The Hall–Kier alpha value is -0.130. The second-order valence-corrected chi connectivity index (χ2v) is 6.42. The highest BCUT2D eigenvalue weighted by atomic mass is 32.2. The van der Waals surface area contributed by atoms with E-state index < -0.39 is 10.0 Å². The fraction of sp³-hybridized carbons (Fsp3) is 1.00. The fourth-order valence-corrected chi connectivity index (χ4v) is 3.63. The molecule has 0 aromatic heterocycles. The van der Waals surface area contributed by atoms with Gasteiger partial charge >= 0.3 is 0 Å². The summed E-state index contributed by atoms with van der Waals surface area (Å²) in [4.78, 5) is 0. The van der Waals surface area contributed by atoms with Crippen molar-refractivity contribution in [2.75, 3.05) is 31.9 Å². The highest BCUT2D eigenvalue weighted by molar-refractivity contribution is 7.89. The summed E-state index contributed by atoms with van der Waals surface area (Å²) >= 11 is 0. The minimum Gasteiger partial charge on any atom is -0.317 e. The van der Waals surface area contributed by atoms with E-state index in [1.165, 1.54) is 6.42 Å². The number of hydrogen-bond donors (Lipinski definition) is 1. The van der Waals surface area contributed by atoms with Crippen molar-refractivity contribution >= 4 is 10.0 Å². The molecule has 0 amide bonds. The quantitative estimate of drug-likeness (QED) is 0.689. The predicted molar refractivity (Wildman–Crippen MR) is 67.0 cm³/mol. The third-order valence-electron chi connectivity index (χ3n) is 2.96. The lowest BCUT2D eigenvalue weighted by atomic mass is 10.2. The van der Waals surface area contributed by atoms with Gasteiger partial charge in [-0.2, -0.15) is 0 Å². The summed E-state index contributed by atoms with van der Waals surface area (Å²) in [7, 11) is -2.96. The molecule has 1 N–H and O–H groups in total. The molecular formula is C11H24N2O2S. The van der Waals surface area contributed by atoms with Crippen molar-refractivity contribution in [3.8, 4) is 0 Å². The first-order valence-corrected chi connectivity index (χ1v) is 7.96. The van der Waals surface area contributed by atoms with E-state index in [1.807, 2.05) is 0 Å². The second kappa shape index (κ2) is 7.25. The van der Waals surface area contributed by atoms with Crippen molar-refractivity contribution in [3.63, 3.8) is 0 Å². The van der Waals surface area contributed by atoms with Gasteiger partial charge < -0.3 is 5.32 Å². The zero-order chi connectivity index (χ0) is 11.9. The van der Waals surface area contributed by atoms with Crippen molar-refractivity contribution in [1.29, 1.82) is 0 Å². The van der Waals surface area contributed by atoms with Gasteiger partial charge in [-0.1, -0.05) is 13.3 Å². The van der Waals surface area contributed by atoms with Gasteiger partial charge in [0.05, 0.1) is 5.75 Å². The predicted octanol–water partition coefficient (Wildman–Crippen LogP) is 1.19. The first kappa shape index (κ1) is 13.9. The van der Waals surface area contributed by atoms with Gasteiger partial charge in [0.1, 0.15) is 0 Å². The van der Waals surface area contributed by atoms with Crippen LogP contribution in [0, 0.1) is 0 Å². The Morgan fingerprint density at radius 2 is 1.81 bits per heavy atom. The summed E-state index contributed by atoms with van der Waals surface area (Å²) in [5.74, 6) is 0.318. The Morgan fingerprint density at radius 3 is 2.44 bits per heavy atom. The first-order chi connectivity index (χ1) is 7.67. The monoisotopic (exact) mass is 248 g/mol. The van der Waals surface area contributed by atoms with Gasteiger partial charge in [0, 0.05) is 13.1 Å². The molecule has 1 fully saturated rings.